The fraction of sp³-hybridized carbons (Fsp3) is 0.0678. The van der Waals surface area contributed by atoms with Gasteiger partial charge in [0, 0.05) is 97.5 Å². The number of pyridine rings is 1. The maximum atomic E-state index is 5.05. The van der Waals surface area contributed by atoms with Crippen LogP contribution in [0.25, 0.3) is 79.4 Å². The van der Waals surface area contributed by atoms with Gasteiger partial charge in [0.1, 0.15) is 10.0 Å². The third-order valence-electron chi connectivity index (χ3n) is 12.4. The number of rotatable bonds is 8. The number of fused-ring (bicyclic) bond motifs is 6. The van der Waals surface area contributed by atoms with Crippen LogP contribution >= 0.6 is 22.7 Å². The van der Waals surface area contributed by atoms with Gasteiger partial charge in [0.05, 0.1) is 22.3 Å². The molecule has 0 unspecified atom stereocenters. The first-order valence-electron chi connectivity index (χ1n) is 22.0. The molecule has 67 heavy (non-hydrogen) atoms. The highest BCUT2D eigenvalue weighted by Crippen LogP contribution is 2.39. The largest absolute Gasteiger partial charge is 0.310 e. The highest BCUT2D eigenvalue weighted by Gasteiger charge is 2.25. The SMILES string of the molecule is C=C/C1=C(\C(C)=C/CC2=CN=CC=C=C2c2nccs2)N(c2ccccc2)C(=C)c2c/c(c3ccccc3n3c(=C)c(C)cc(-c4cnccc4-c4nccs4)cc(=C)c4cccc2c43)=C/C1. The lowest BCUT2D eigenvalue weighted by Gasteiger charge is -2.32. The Bertz CT molecular complexity index is 3770. The van der Waals surface area contributed by atoms with Crippen molar-refractivity contribution in [1.82, 2.24) is 19.4 Å². The first-order chi connectivity index (χ1) is 32.8. The molecule has 8 heteroatoms. The fourth-order valence-electron chi connectivity index (χ4n) is 9.12. The van der Waals surface area contributed by atoms with E-state index in [1.807, 2.05) is 60.0 Å². The zero-order valence-electron chi connectivity index (χ0n) is 37.4. The lowest BCUT2D eigenvalue weighted by molar-refractivity contribution is 1.10. The van der Waals surface area contributed by atoms with E-state index < -0.39 is 0 Å². The van der Waals surface area contributed by atoms with Crippen LogP contribution < -0.4 is 20.7 Å². The van der Waals surface area contributed by atoms with Crippen molar-refractivity contribution < 1.29 is 0 Å². The summed E-state index contributed by atoms with van der Waals surface area (Å²) in [5, 5.41) is 11.6. The van der Waals surface area contributed by atoms with Crippen LogP contribution in [0.15, 0.2) is 203 Å². The maximum Gasteiger partial charge on any atom is 0.131 e. The van der Waals surface area contributed by atoms with Gasteiger partial charge in [-0.05, 0) is 114 Å². The van der Waals surface area contributed by atoms with E-state index in [1.54, 1.807) is 28.9 Å². The van der Waals surface area contributed by atoms with E-state index in [0.29, 0.717) is 12.8 Å². The van der Waals surface area contributed by atoms with Gasteiger partial charge in [0.15, 0.2) is 0 Å². The van der Waals surface area contributed by atoms with E-state index in [2.05, 4.69) is 159 Å². The number of aryl methyl sites for hydroxylation is 1. The van der Waals surface area contributed by atoms with Crippen LogP contribution in [0.3, 0.4) is 0 Å². The molecule has 10 rings (SSSR count). The maximum absolute atomic E-state index is 5.05. The third kappa shape index (κ3) is 8.08. The molecule has 2 bridgehead atoms. The van der Waals surface area contributed by atoms with Gasteiger partial charge in [0.25, 0.3) is 0 Å². The molecule has 0 amide bonds. The molecule has 0 atom stereocenters. The average Bonchev–Trinajstić information content (AvgIpc) is 4.07. The minimum absolute atomic E-state index is 0.608. The molecule has 0 radical (unpaired) electrons. The zero-order valence-corrected chi connectivity index (χ0v) is 39.0. The molecular weight excluding hydrogens is 857 g/mol. The number of para-hydroxylation sites is 3. The summed E-state index contributed by atoms with van der Waals surface area (Å²) in [4.78, 5) is 20.8. The second-order valence-corrected chi connectivity index (χ2v) is 18.2. The quantitative estimate of drug-likeness (QED) is 0.143. The molecule has 0 saturated heterocycles. The number of anilines is 1. The Morgan fingerprint density at radius 2 is 1.57 bits per heavy atom. The van der Waals surface area contributed by atoms with Crippen molar-refractivity contribution in [3.8, 4) is 21.7 Å². The average molecular weight is 903 g/mol. The van der Waals surface area contributed by atoms with Crippen molar-refractivity contribution in [1.29, 1.82) is 0 Å². The minimum Gasteiger partial charge on any atom is -0.310 e. The summed E-state index contributed by atoms with van der Waals surface area (Å²) in [5.41, 5.74) is 17.2. The predicted octanol–water partition coefficient (Wildman–Crippen LogP) is 13.1. The number of thiazole rings is 2. The number of hydrogen-bond acceptors (Lipinski definition) is 7. The summed E-state index contributed by atoms with van der Waals surface area (Å²) in [6.45, 7) is 23.5. The first-order valence-corrected chi connectivity index (χ1v) is 23.8. The molecule has 0 saturated carbocycles. The fourth-order valence-corrected chi connectivity index (χ4v) is 10.5. The van der Waals surface area contributed by atoms with Gasteiger partial charge in [-0.1, -0.05) is 99.1 Å². The molecule has 7 heterocycles. The van der Waals surface area contributed by atoms with E-state index in [9.17, 15) is 0 Å². The van der Waals surface area contributed by atoms with Crippen LogP contribution in [-0.4, -0.2) is 25.6 Å². The number of aromatic nitrogens is 4. The number of nitrogens with zero attached hydrogens (tertiary/aromatic N) is 6. The zero-order chi connectivity index (χ0) is 46.0. The standard InChI is InChI=1S/C59H46N6S2/c1-7-43-24-25-44-35-53(42(6)64(47-15-9-8-10-16-47)56(43)38(2)22-23-45-36-60-27-14-20-50(45)58-62-29-31-66-58)51-19-13-18-48-40(4)34-46(54-37-61-28-26-52(54)59-63-30-32-67-59)33-39(3)41(5)65(57(48)51)55-21-12-11-17-49(44)55/h7-19,21-22,25-37H,1,4-6,23-24H2,2-3H3/b38-22-,39-33?,44-25-,46-34?,53-35?,56-43-. The summed E-state index contributed by atoms with van der Waals surface area (Å²) < 4.78 is 2.33. The summed E-state index contributed by atoms with van der Waals surface area (Å²) in [6.07, 6.45) is 20.8. The van der Waals surface area contributed by atoms with E-state index in [4.69, 9.17) is 19.7 Å². The molecule has 0 N–H and O–H groups in total. The van der Waals surface area contributed by atoms with Gasteiger partial charge >= 0.3 is 0 Å². The Hall–Kier alpha value is -8.00. The highest BCUT2D eigenvalue weighted by atomic mass is 32.1. The normalized spacial score (nSPS) is 15.6. The van der Waals surface area contributed by atoms with Crippen LogP contribution in [-0.2, 0) is 0 Å². The van der Waals surface area contributed by atoms with E-state index in [0.717, 1.165) is 120 Å². The Balaban J connectivity index is 1.28. The van der Waals surface area contributed by atoms with Crippen LogP contribution in [0.1, 0.15) is 35.9 Å². The molecule has 8 aromatic rings. The molecule has 0 spiro atoms. The Kier molecular flexibility index (Phi) is 11.8. The Morgan fingerprint density at radius 1 is 0.806 bits per heavy atom. The molecule has 5 aromatic heterocycles. The summed E-state index contributed by atoms with van der Waals surface area (Å²) >= 11 is 3.21. The van der Waals surface area contributed by atoms with Crippen molar-refractivity contribution in [2.45, 2.75) is 26.7 Å². The second-order valence-electron chi connectivity index (χ2n) is 16.4. The van der Waals surface area contributed by atoms with Crippen molar-refractivity contribution >= 4 is 92.3 Å². The second kappa shape index (κ2) is 18.5. The van der Waals surface area contributed by atoms with Crippen LogP contribution in [0, 0.1) is 6.92 Å². The molecular formula is C59H46N6S2. The summed E-state index contributed by atoms with van der Waals surface area (Å²) in [7, 11) is 0. The summed E-state index contributed by atoms with van der Waals surface area (Å²) in [5.74, 6) is 0. The molecule has 2 aliphatic heterocycles. The lowest BCUT2D eigenvalue weighted by Crippen LogP contribution is -2.23. The van der Waals surface area contributed by atoms with Crippen LogP contribution in [0.5, 0.6) is 0 Å². The van der Waals surface area contributed by atoms with Crippen molar-refractivity contribution in [2.75, 3.05) is 4.90 Å². The van der Waals surface area contributed by atoms with Crippen molar-refractivity contribution in [3.05, 3.63) is 230 Å². The molecule has 0 aliphatic carbocycles. The van der Waals surface area contributed by atoms with E-state index in [-0.39, 0.29) is 0 Å². The highest BCUT2D eigenvalue weighted by molar-refractivity contribution is 7.13. The van der Waals surface area contributed by atoms with Crippen molar-refractivity contribution in [3.63, 3.8) is 0 Å². The molecule has 324 valence electrons. The Morgan fingerprint density at radius 3 is 2.36 bits per heavy atom. The lowest BCUT2D eigenvalue weighted by atomic mass is 9.97. The van der Waals surface area contributed by atoms with Gasteiger partial charge in [-0.2, -0.15) is 0 Å². The molecule has 0 fully saturated rings. The number of hydrogen-bond donors (Lipinski definition) is 0. The predicted molar refractivity (Wildman–Crippen MR) is 286 cm³/mol. The smallest absolute Gasteiger partial charge is 0.131 e. The number of allylic oxidation sites excluding steroid dienone is 6. The molecule has 6 nitrogen and oxygen atoms in total. The minimum atomic E-state index is 0.608. The van der Waals surface area contributed by atoms with Gasteiger partial charge in [-0.15, -0.1) is 28.4 Å². The Labute approximate surface area is 398 Å². The third-order valence-corrected chi connectivity index (χ3v) is 14.0. The van der Waals surface area contributed by atoms with Crippen LogP contribution in [0.2, 0.25) is 0 Å². The summed E-state index contributed by atoms with van der Waals surface area (Å²) in [6, 6.07) is 34.4. The van der Waals surface area contributed by atoms with Crippen LogP contribution in [0.4, 0.5) is 5.69 Å². The number of aliphatic imine (C=N–C) groups is 1. The van der Waals surface area contributed by atoms with Gasteiger partial charge in [0.2, 0.25) is 0 Å². The number of benzene rings is 3. The van der Waals surface area contributed by atoms with E-state index in [1.165, 1.54) is 0 Å². The van der Waals surface area contributed by atoms with Gasteiger partial charge in [-0.25, -0.2) is 9.97 Å². The molecule has 2 aliphatic rings. The first kappa shape index (κ1) is 42.9. The van der Waals surface area contributed by atoms with Crippen molar-refractivity contribution in [2.24, 2.45) is 4.99 Å². The topological polar surface area (TPSA) is 58.7 Å². The van der Waals surface area contributed by atoms with E-state index >= 15 is 0 Å². The molecule has 3 aromatic carbocycles. The monoisotopic (exact) mass is 902 g/mol. The van der Waals surface area contributed by atoms with Gasteiger partial charge < -0.3 is 9.30 Å². The van der Waals surface area contributed by atoms with Gasteiger partial charge in [-0.3, -0.25) is 9.98 Å².